The third-order valence-corrected chi connectivity index (χ3v) is 4.18. The first-order chi connectivity index (χ1) is 8.92. The molecule has 0 aliphatic carbocycles. The molecule has 0 unspecified atom stereocenters. The number of hydrogen-bond acceptors (Lipinski definition) is 3. The van der Waals surface area contributed by atoms with E-state index in [4.69, 9.17) is 16.7 Å². The van der Waals surface area contributed by atoms with Gasteiger partial charge in [0.15, 0.2) is 0 Å². The zero-order valence-corrected chi connectivity index (χ0v) is 12.6. The molecule has 0 saturated carbocycles. The minimum atomic E-state index is -4.60. The smallest absolute Gasteiger partial charge is 0.343 e. The fraction of sp³-hybridized carbons (Fsp3) is 0.222. The number of nitrogens with two attached hydrogens (primary N) is 1. The van der Waals surface area contributed by atoms with E-state index in [-0.39, 0.29) is 9.50 Å². The molecular weight excluding hydrogens is 389 g/mol. The van der Waals surface area contributed by atoms with Gasteiger partial charge in [0.1, 0.15) is 6.54 Å². The van der Waals surface area contributed by atoms with Crippen LogP contribution in [-0.2, 0) is 10.0 Å². The van der Waals surface area contributed by atoms with Gasteiger partial charge in [-0.2, -0.15) is 13.2 Å². The van der Waals surface area contributed by atoms with Crippen molar-refractivity contribution in [1.82, 2.24) is 5.32 Å². The molecule has 1 aromatic carbocycles. The SMILES string of the molecule is NS(=O)(=O)c1cc(Br)c(Cl)c(C(=O)NCC(F)(F)F)c1. The van der Waals surface area contributed by atoms with E-state index in [0.717, 1.165) is 12.1 Å². The normalized spacial score (nSPS) is 12.3. The van der Waals surface area contributed by atoms with Crippen LogP contribution < -0.4 is 10.5 Å². The summed E-state index contributed by atoms with van der Waals surface area (Å²) in [7, 11) is -4.13. The number of benzene rings is 1. The summed E-state index contributed by atoms with van der Waals surface area (Å²) in [4.78, 5) is 11.1. The molecule has 20 heavy (non-hydrogen) atoms. The summed E-state index contributed by atoms with van der Waals surface area (Å²) in [5.74, 6) is -1.17. The highest BCUT2D eigenvalue weighted by atomic mass is 79.9. The number of carbonyl (C=O) groups excluding carboxylic acids is 1. The van der Waals surface area contributed by atoms with Gasteiger partial charge in [0, 0.05) is 4.47 Å². The molecule has 11 heteroatoms. The van der Waals surface area contributed by atoms with E-state index in [2.05, 4.69) is 15.9 Å². The Morgan fingerprint density at radius 3 is 2.40 bits per heavy atom. The lowest BCUT2D eigenvalue weighted by atomic mass is 10.2. The first kappa shape index (κ1) is 17.2. The van der Waals surface area contributed by atoms with Crippen molar-refractivity contribution in [3.8, 4) is 0 Å². The summed E-state index contributed by atoms with van der Waals surface area (Å²) in [6, 6.07) is 1.84. The Balaban J connectivity index is 3.18. The minimum absolute atomic E-state index is 0.0165. The monoisotopic (exact) mass is 394 g/mol. The van der Waals surface area contributed by atoms with Gasteiger partial charge in [0.25, 0.3) is 5.91 Å². The van der Waals surface area contributed by atoms with Gasteiger partial charge in [-0.05, 0) is 28.1 Å². The van der Waals surface area contributed by atoms with E-state index in [0.29, 0.717) is 0 Å². The largest absolute Gasteiger partial charge is 0.405 e. The Hall–Kier alpha value is -0.840. The summed E-state index contributed by atoms with van der Waals surface area (Å²) in [5, 5.41) is 6.24. The summed E-state index contributed by atoms with van der Waals surface area (Å²) in [6.07, 6.45) is -4.60. The maximum atomic E-state index is 12.0. The average molecular weight is 396 g/mol. The van der Waals surface area contributed by atoms with E-state index < -0.39 is 39.1 Å². The molecule has 0 spiro atoms. The molecule has 1 aromatic rings. The Bertz CT molecular complexity index is 649. The third-order valence-electron chi connectivity index (χ3n) is 2.02. The van der Waals surface area contributed by atoms with Crippen molar-refractivity contribution in [2.24, 2.45) is 5.14 Å². The highest BCUT2D eigenvalue weighted by Crippen LogP contribution is 2.29. The quantitative estimate of drug-likeness (QED) is 0.821. The highest BCUT2D eigenvalue weighted by molar-refractivity contribution is 9.10. The Labute approximate surface area is 125 Å². The lowest BCUT2D eigenvalue weighted by Crippen LogP contribution is -2.34. The highest BCUT2D eigenvalue weighted by Gasteiger charge is 2.29. The van der Waals surface area contributed by atoms with Crippen LogP contribution in [0.1, 0.15) is 10.4 Å². The van der Waals surface area contributed by atoms with Gasteiger partial charge < -0.3 is 5.32 Å². The predicted octanol–water partition coefficient (Wildman–Crippen LogP) is 2.04. The number of alkyl halides is 3. The maximum absolute atomic E-state index is 12.0. The molecule has 0 saturated heterocycles. The molecule has 5 nitrogen and oxygen atoms in total. The van der Waals surface area contributed by atoms with Gasteiger partial charge in [-0.15, -0.1) is 0 Å². The van der Waals surface area contributed by atoms with E-state index in [1.54, 1.807) is 5.32 Å². The second-order valence-electron chi connectivity index (χ2n) is 3.61. The van der Waals surface area contributed by atoms with E-state index in [1.807, 2.05) is 0 Å². The number of primary sulfonamides is 1. The lowest BCUT2D eigenvalue weighted by molar-refractivity contribution is -0.123. The average Bonchev–Trinajstić information content (AvgIpc) is 2.27. The number of amides is 1. The number of halogens is 5. The van der Waals surface area contributed by atoms with Crippen molar-refractivity contribution in [1.29, 1.82) is 0 Å². The number of nitrogens with one attached hydrogen (secondary N) is 1. The molecule has 0 bridgehead atoms. The summed E-state index contributed by atoms with van der Waals surface area (Å²) in [6.45, 7) is -1.57. The topological polar surface area (TPSA) is 89.3 Å². The molecule has 0 heterocycles. The van der Waals surface area contributed by atoms with Crippen molar-refractivity contribution in [2.75, 3.05) is 6.54 Å². The van der Waals surface area contributed by atoms with Crippen molar-refractivity contribution in [3.05, 3.63) is 27.2 Å². The van der Waals surface area contributed by atoms with Crippen molar-refractivity contribution < 1.29 is 26.4 Å². The number of carbonyl (C=O) groups is 1. The van der Waals surface area contributed by atoms with Crippen LogP contribution in [0.3, 0.4) is 0 Å². The van der Waals surface area contributed by atoms with Gasteiger partial charge in [-0.25, -0.2) is 13.6 Å². The van der Waals surface area contributed by atoms with Gasteiger partial charge in [0.05, 0.1) is 15.5 Å². The Morgan fingerprint density at radius 1 is 1.40 bits per heavy atom. The van der Waals surface area contributed by atoms with E-state index >= 15 is 0 Å². The summed E-state index contributed by atoms with van der Waals surface area (Å²) in [5.41, 5.74) is -0.436. The Kier molecular flexibility index (Phi) is 5.06. The molecule has 0 aliphatic rings. The van der Waals surface area contributed by atoms with E-state index in [1.165, 1.54) is 0 Å². The molecule has 1 amide bonds. The number of hydrogen-bond donors (Lipinski definition) is 2. The van der Waals surface area contributed by atoms with E-state index in [9.17, 15) is 26.4 Å². The molecule has 0 aliphatic heterocycles. The zero-order chi connectivity index (χ0) is 15.7. The van der Waals surface area contributed by atoms with Gasteiger partial charge in [-0.1, -0.05) is 11.6 Å². The second-order valence-corrected chi connectivity index (χ2v) is 6.40. The Morgan fingerprint density at radius 2 is 1.95 bits per heavy atom. The van der Waals surface area contributed by atoms with Gasteiger partial charge in [0.2, 0.25) is 10.0 Å². The fourth-order valence-corrected chi connectivity index (χ4v) is 2.54. The molecule has 112 valence electrons. The van der Waals surface area contributed by atoms with Crippen molar-refractivity contribution in [3.63, 3.8) is 0 Å². The lowest BCUT2D eigenvalue weighted by Gasteiger charge is -2.11. The summed E-state index contributed by atoms with van der Waals surface area (Å²) < 4.78 is 58.4. The van der Waals surface area contributed by atoms with Crippen molar-refractivity contribution >= 4 is 43.5 Å². The molecular formula is C9H7BrClF3N2O3S. The first-order valence-electron chi connectivity index (χ1n) is 4.78. The second kappa shape index (κ2) is 5.88. The summed E-state index contributed by atoms with van der Waals surface area (Å²) >= 11 is 8.63. The molecule has 0 atom stereocenters. The zero-order valence-electron chi connectivity index (χ0n) is 9.46. The van der Waals surface area contributed by atoms with Gasteiger partial charge in [-0.3, -0.25) is 4.79 Å². The third kappa shape index (κ3) is 4.62. The van der Waals surface area contributed by atoms with Crippen LogP contribution in [0.25, 0.3) is 0 Å². The van der Waals surface area contributed by atoms with Crippen LogP contribution in [-0.4, -0.2) is 27.0 Å². The predicted molar refractivity (Wildman–Crippen MR) is 68.9 cm³/mol. The van der Waals surface area contributed by atoms with Crippen LogP contribution in [0.4, 0.5) is 13.2 Å². The maximum Gasteiger partial charge on any atom is 0.405 e. The molecule has 3 N–H and O–H groups in total. The van der Waals surface area contributed by atoms with Crippen LogP contribution in [0.15, 0.2) is 21.5 Å². The van der Waals surface area contributed by atoms with Crippen LogP contribution in [0, 0.1) is 0 Å². The van der Waals surface area contributed by atoms with Crippen LogP contribution in [0.2, 0.25) is 5.02 Å². The molecule has 0 fully saturated rings. The molecule has 0 radical (unpaired) electrons. The standard InChI is InChI=1S/C9H7BrClF3N2O3S/c10-6-2-4(20(15,18)19)1-5(7(6)11)8(17)16-3-9(12,13)14/h1-2H,3H2,(H,16,17)(H2,15,18,19). The first-order valence-corrected chi connectivity index (χ1v) is 7.50. The minimum Gasteiger partial charge on any atom is -0.343 e. The van der Waals surface area contributed by atoms with Crippen molar-refractivity contribution in [2.45, 2.75) is 11.1 Å². The van der Waals surface area contributed by atoms with Crippen LogP contribution >= 0.6 is 27.5 Å². The van der Waals surface area contributed by atoms with Crippen LogP contribution in [0.5, 0.6) is 0 Å². The number of rotatable bonds is 3. The number of sulfonamides is 1. The fourth-order valence-electron chi connectivity index (χ4n) is 1.17. The van der Waals surface area contributed by atoms with Gasteiger partial charge >= 0.3 is 6.18 Å². The molecule has 1 rings (SSSR count). The molecule has 0 aromatic heterocycles.